The molecule has 4 rings (SSSR count). The van der Waals surface area contributed by atoms with Crippen LogP contribution in [0.15, 0.2) is 58.7 Å². The molecule has 0 atom stereocenters. The van der Waals surface area contributed by atoms with Gasteiger partial charge in [0.1, 0.15) is 11.5 Å². The molecule has 0 radical (unpaired) electrons. The average Bonchev–Trinajstić information content (AvgIpc) is 3.13. The second-order valence-corrected chi connectivity index (χ2v) is 7.73. The zero-order valence-corrected chi connectivity index (χ0v) is 20.2. The van der Waals surface area contributed by atoms with Crippen molar-refractivity contribution in [1.82, 2.24) is 19.1 Å². The molecule has 35 heavy (non-hydrogen) atoms. The summed E-state index contributed by atoms with van der Waals surface area (Å²) in [6.45, 7) is 3.94. The minimum absolute atomic E-state index is 0.121. The average molecular weight is 476 g/mol. The Morgan fingerprint density at radius 3 is 2.63 bits per heavy atom. The maximum absolute atomic E-state index is 15.0. The van der Waals surface area contributed by atoms with Crippen LogP contribution in [0, 0.1) is 5.82 Å². The molecule has 3 aromatic heterocycles. The number of fused-ring (bicyclic) bond motifs is 3. The minimum atomic E-state index is -0.679. The molecule has 9 heteroatoms. The fraction of sp³-hybridized carbons (Fsp3) is 0.231. The van der Waals surface area contributed by atoms with Gasteiger partial charge < -0.3 is 9.47 Å². The van der Waals surface area contributed by atoms with Crippen LogP contribution in [0.4, 0.5) is 4.39 Å². The predicted molar refractivity (Wildman–Crippen MR) is 136 cm³/mol. The highest BCUT2D eigenvalue weighted by Crippen LogP contribution is 2.34. The molecule has 0 aliphatic carbocycles. The molecule has 4 aromatic rings. The van der Waals surface area contributed by atoms with Crippen LogP contribution >= 0.6 is 0 Å². The monoisotopic (exact) mass is 475 g/mol. The first-order valence-electron chi connectivity index (χ1n) is 11.1. The van der Waals surface area contributed by atoms with Crippen LogP contribution in [0.25, 0.3) is 33.3 Å². The van der Waals surface area contributed by atoms with Crippen molar-refractivity contribution < 1.29 is 13.9 Å². The number of ether oxygens (including phenoxy) is 2. The van der Waals surface area contributed by atoms with Crippen molar-refractivity contribution >= 4 is 33.7 Å². The molecule has 0 fully saturated rings. The van der Waals surface area contributed by atoms with E-state index in [1.165, 1.54) is 28.5 Å². The summed E-state index contributed by atoms with van der Waals surface area (Å²) < 4.78 is 28.4. The molecule has 0 unspecified atom stereocenters. The molecule has 0 bridgehead atoms. The molecule has 1 aromatic carbocycles. The molecule has 0 aliphatic heterocycles. The molecular formula is C26H26FN5O3. The number of hydrogen-bond donors (Lipinski definition) is 0. The SMILES string of the molecule is C\C=C(/C=N/C=C/CC)c1cc2c(cc1OC)ncc1c2n(-c2ncc(OC)cc2F)c(=O)n1C. The standard InChI is InChI=1S/C26H26FN5O3/c1-6-8-9-28-13-16(7-2)18-11-19-21(12-23(18)35-5)29-15-22-24(19)32(26(33)31(22)3)25-20(27)10-17(34-4)14-30-25/h7-15H,6H2,1-5H3/b9-8+,16-7+,28-13+. The number of allylic oxidation sites excluding steroid dienone is 3. The smallest absolute Gasteiger partial charge is 0.334 e. The van der Waals surface area contributed by atoms with Gasteiger partial charge in [-0.1, -0.05) is 19.1 Å². The van der Waals surface area contributed by atoms with Gasteiger partial charge in [-0.25, -0.2) is 18.7 Å². The zero-order valence-electron chi connectivity index (χ0n) is 20.2. The molecule has 3 heterocycles. The number of aliphatic imine (C=N–C) groups is 1. The van der Waals surface area contributed by atoms with Crippen LogP contribution in [-0.2, 0) is 7.05 Å². The van der Waals surface area contributed by atoms with Gasteiger partial charge in [0.25, 0.3) is 0 Å². The Hall–Kier alpha value is -4.27. The van der Waals surface area contributed by atoms with Crippen LogP contribution in [0.1, 0.15) is 25.8 Å². The first kappa shape index (κ1) is 23.9. The van der Waals surface area contributed by atoms with E-state index in [2.05, 4.69) is 15.0 Å². The van der Waals surface area contributed by atoms with Crippen LogP contribution in [-0.4, -0.2) is 39.5 Å². The second-order valence-electron chi connectivity index (χ2n) is 7.73. The van der Waals surface area contributed by atoms with E-state index >= 15 is 4.39 Å². The van der Waals surface area contributed by atoms with E-state index in [1.54, 1.807) is 38.8 Å². The van der Waals surface area contributed by atoms with E-state index in [9.17, 15) is 4.79 Å². The molecule has 180 valence electrons. The number of aryl methyl sites for hydroxylation is 1. The van der Waals surface area contributed by atoms with Crippen LogP contribution < -0.4 is 15.2 Å². The number of benzene rings is 1. The number of imidazole rings is 1. The number of methoxy groups -OCH3 is 2. The number of pyridine rings is 2. The normalized spacial score (nSPS) is 12.5. The number of aromatic nitrogens is 4. The Balaban J connectivity index is 2.06. The van der Waals surface area contributed by atoms with E-state index in [-0.39, 0.29) is 11.6 Å². The molecule has 0 aliphatic rings. The second kappa shape index (κ2) is 9.92. The van der Waals surface area contributed by atoms with Gasteiger partial charge >= 0.3 is 5.69 Å². The van der Waals surface area contributed by atoms with E-state index in [0.29, 0.717) is 27.7 Å². The summed E-state index contributed by atoms with van der Waals surface area (Å²) in [5.41, 5.74) is 2.75. The summed E-state index contributed by atoms with van der Waals surface area (Å²) in [7, 11) is 4.62. The molecule has 0 amide bonds. The van der Waals surface area contributed by atoms with E-state index in [0.717, 1.165) is 17.6 Å². The molecule has 0 saturated heterocycles. The molecule has 0 saturated carbocycles. The first-order chi connectivity index (χ1) is 16.9. The molecule has 8 nitrogen and oxygen atoms in total. The maximum Gasteiger partial charge on any atom is 0.334 e. The van der Waals surface area contributed by atoms with Crippen molar-refractivity contribution in [1.29, 1.82) is 0 Å². The van der Waals surface area contributed by atoms with Gasteiger partial charge in [0, 0.05) is 42.5 Å². The summed E-state index contributed by atoms with van der Waals surface area (Å²) in [4.78, 5) is 26.3. The lowest BCUT2D eigenvalue weighted by molar-refractivity contribution is 0.408. The number of hydrogen-bond acceptors (Lipinski definition) is 6. The zero-order chi connectivity index (χ0) is 25.1. The summed E-state index contributed by atoms with van der Waals surface area (Å²) in [6.07, 6.45) is 11.2. The third-order valence-corrected chi connectivity index (χ3v) is 5.71. The van der Waals surface area contributed by atoms with Crippen LogP contribution in [0.5, 0.6) is 11.5 Å². The highest BCUT2D eigenvalue weighted by atomic mass is 19.1. The Morgan fingerprint density at radius 2 is 1.97 bits per heavy atom. The number of nitrogens with zero attached hydrogens (tertiary/aromatic N) is 5. The van der Waals surface area contributed by atoms with Gasteiger partial charge in [0.15, 0.2) is 11.6 Å². The van der Waals surface area contributed by atoms with Gasteiger partial charge in [-0.3, -0.25) is 14.5 Å². The van der Waals surface area contributed by atoms with Crippen molar-refractivity contribution in [3.8, 4) is 17.3 Å². The summed E-state index contributed by atoms with van der Waals surface area (Å²) >= 11 is 0. The third-order valence-electron chi connectivity index (χ3n) is 5.71. The van der Waals surface area contributed by atoms with Gasteiger partial charge in [-0.05, 0) is 25.0 Å². The molecule has 0 N–H and O–H groups in total. The van der Waals surface area contributed by atoms with E-state index in [4.69, 9.17) is 9.47 Å². The molecular weight excluding hydrogens is 449 g/mol. The largest absolute Gasteiger partial charge is 0.496 e. The highest BCUT2D eigenvalue weighted by molar-refractivity contribution is 6.14. The van der Waals surface area contributed by atoms with E-state index < -0.39 is 11.5 Å². The summed E-state index contributed by atoms with van der Waals surface area (Å²) in [6, 6.07) is 4.87. The predicted octanol–water partition coefficient (Wildman–Crippen LogP) is 4.83. The Morgan fingerprint density at radius 1 is 1.17 bits per heavy atom. The van der Waals surface area contributed by atoms with Gasteiger partial charge in [0.05, 0.1) is 43.2 Å². The number of halogens is 1. The topological polar surface area (TPSA) is 83.5 Å². The quantitative estimate of drug-likeness (QED) is 0.358. The summed E-state index contributed by atoms with van der Waals surface area (Å²) in [5, 5.41) is 0.643. The Labute approximate surface area is 201 Å². The van der Waals surface area contributed by atoms with Gasteiger partial charge in [0.2, 0.25) is 0 Å². The van der Waals surface area contributed by atoms with Crippen molar-refractivity contribution in [2.75, 3.05) is 14.2 Å². The third kappa shape index (κ3) is 4.21. The molecule has 0 spiro atoms. The fourth-order valence-corrected chi connectivity index (χ4v) is 3.89. The lowest BCUT2D eigenvalue weighted by atomic mass is 10.0. The highest BCUT2D eigenvalue weighted by Gasteiger charge is 2.21. The Bertz CT molecular complexity index is 1560. The minimum Gasteiger partial charge on any atom is -0.496 e. The van der Waals surface area contributed by atoms with Gasteiger partial charge in [-0.15, -0.1) is 0 Å². The van der Waals surface area contributed by atoms with E-state index in [1.807, 2.05) is 32.1 Å². The lowest BCUT2D eigenvalue weighted by Crippen LogP contribution is -2.22. The maximum atomic E-state index is 15.0. The van der Waals surface area contributed by atoms with Crippen molar-refractivity contribution in [2.45, 2.75) is 20.3 Å². The fourth-order valence-electron chi connectivity index (χ4n) is 3.89. The van der Waals surface area contributed by atoms with Crippen LogP contribution in [0.2, 0.25) is 0 Å². The van der Waals surface area contributed by atoms with Gasteiger partial charge in [-0.2, -0.15) is 0 Å². The number of rotatable bonds is 7. The van der Waals surface area contributed by atoms with Crippen molar-refractivity contribution in [2.24, 2.45) is 12.0 Å². The lowest BCUT2D eigenvalue weighted by Gasteiger charge is -2.12. The van der Waals surface area contributed by atoms with Crippen molar-refractivity contribution in [3.63, 3.8) is 0 Å². The van der Waals surface area contributed by atoms with Crippen LogP contribution in [0.3, 0.4) is 0 Å². The summed E-state index contributed by atoms with van der Waals surface area (Å²) in [5.74, 6) is 0.0552. The van der Waals surface area contributed by atoms with Crippen molar-refractivity contribution in [3.05, 3.63) is 70.8 Å². The Kier molecular flexibility index (Phi) is 6.77. The first-order valence-corrected chi connectivity index (χ1v) is 11.1.